The van der Waals surface area contributed by atoms with Gasteiger partial charge >= 0.3 is 0 Å². The molecule has 17 heavy (non-hydrogen) atoms. The van der Waals surface area contributed by atoms with Crippen LogP contribution in [0.5, 0.6) is 5.75 Å². The van der Waals surface area contributed by atoms with Crippen molar-refractivity contribution in [2.75, 3.05) is 6.61 Å². The molecule has 0 radical (unpaired) electrons. The Morgan fingerprint density at radius 2 is 2.24 bits per heavy atom. The van der Waals surface area contributed by atoms with Gasteiger partial charge in [0.05, 0.1) is 5.03 Å². The predicted octanol–water partition coefficient (Wildman–Crippen LogP) is 3.58. The van der Waals surface area contributed by atoms with Crippen molar-refractivity contribution in [1.29, 1.82) is 0 Å². The molecule has 1 atom stereocenters. The zero-order chi connectivity index (χ0) is 12.8. The second-order valence-electron chi connectivity index (χ2n) is 4.09. The third kappa shape index (κ3) is 4.58. The van der Waals surface area contributed by atoms with Crippen molar-refractivity contribution in [3.8, 4) is 5.75 Å². The molecule has 0 aliphatic heterocycles. The predicted molar refractivity (Wildman–Crippen MR) is 73.8 cm³/mol. The SMILES string of the molecule is Cc1cccc(CC(C)N)c1OC/C(Cl)=C/Cl. The number of rotatable bonds is 5. The zero-order valence-corrected chi connectivity index (χ0v) is 11.6. The lowest BCUT2D eigenvalue weighted by Gasteiger charge is -2.15. The summed E-state index contributed by atoms with van der Waals surface area (Å²) < 4.78 is 5.68. The van der Waals surface area contributed by atoms with Gasteiger partial charge in [0.1, 0.15) is 12.4 Å². The van der Waals surface area contributed by atoms with E-state index < -0.39 is 0 Å². The lowest BCUT2D eigenvalue weighted by atomic mass is 10.0. The summed E-state index contributed by atoms with van der Waals surface area (Å²) in [5.41, 5.74) is 9.29. The lowest BCUT2D eigenvalue weighted by molar-refractivity contribution is 0.352. The molecule has 0 saturated carbocycles. The number of halogens is 2. The molecule has 1 aromatic rings. The standard InChI is InChI=1S/C13H17Cl2NO/c1-9-4-3-5-11(6-10(2)16)13(9)17-8-12(15)7-14/h3-5,7,10H,6,8,16H2,1-2H3/b12-7-. The van der Waals surface area contributed by atoms with E-state index in [1.165, 1.54) is 5.54 Å². The van der Waals surface area contributed by atoms with Gasteiger partial charge in [-0.05, 0) is 31.4 Å². The smallest absolute Gasteiger partial charge is 0.126 e. The first-order chi connectivity index (χ1) is 8.04. The highest BCUT2D eigenvalue weighted by molar-refractivity contribution is 6.36. The van der Waals surface area contributed by atoms with E-state index in [0.717, 1.165) is 23.3 Å². The first kappa shape index (κ1) is 14.4. The summed E-state index contributed by atoms with van der Waals surface area (Å²) >= 11 is 11.3. The van der Waals surface area contributed by atoms with Crippen LogP contribution in [0.1, 0.15) is 18.1 Å². The van der Waals surface area contributed by atoms with Gasteiger partial charge in [0.25, 0.3) is 0 Å². The molecule has 0 bridgehead atoms. The van der Waals surface area contributed by atoms with Crippen LogP contribution in [0.15, 0.2) is 28.8 Å². The van der Waals surface area contributed by atoms with E-state index in [4.69, 9.17) is 33.7 Å². The van der Waals surface area contributed by atoms with Crippen molar-refractivity contribution in [2.24, 2.45) is 5.73 Å². The lowest BCUT2D eigenvalue weighted by Crippen LogP contribution is -2.18. The van der Waals surface area contributed by atoms with Gasteiger partial charge in [-0.2, -0.15) is 0 Å². The van der Waals surface area contributed by atoms with E-state index in [1.807, 2.05) is 32.0 Å². The maximum atomic E-state index is 5.81. The molecule has 0 saturated heterocycles. The topological polar surface area (TPSA) is 35.2 Å². The molecule has 0 amide bonds. The number of ether oxygens (including phenoxy) is 1. The molecule has 2 N–H and O–H groups in total. The average molecular weight is 274 g/mol. The molecule has 0 aliphatic rings. The first-order valence-electron chi connectivity index (χ1n) is 5.46. The minimum atomic E-state index is 0.0955. The zero-order valence-electron chi connectivity index (χ0n) is 10.0. The Kier molecular flexibility index (Phi) is 5.83. The summed E-state index contributed by atoms with van der Waals surface area (Å²) in [7, 11) is 0. The molecule has 0 spiro atoms. The van der Waals surface area contributed by atoms with Gasteiger partial charge in [0.15, 0.2) is 0 Å². The van der Waals surface area contributed by atoms with Gasteiger partial charge < -0.3 is 10.5 Å². The summed E-state index contributed by atoms with van der Waals surface area (Å²) in [5.74, 6) is 0.849. The van der Waals surface area contributed by atoms with Crippen molar-refractivity contribution in [2.45, 2.75) is 26.3 Å². The average Bonchev–Trinajstić information content (AvgIpc) is 2.27. The molecular weight excluding hydrogens is 257 g/mol. The number of aryl methyl sites for hydroxylation is 1. The molecule has 1 unspecified atom stereocenters. The fraction of sp³-hybridized carbons (Fsp3) is 0.385. The Hall–Kier alpha value is -0.700. The largest absolute Gasteiger partial charge is 0.487 e. The Labute approximate surface area is 112 Å². The van der Waals surface area contributed by atoms with Crippen molar-refractivity contribution < 1.29 is 4.74 Å². The van der Waals surface area contributed by atoms with E-state index >= 15 is 0 Å². The van der Waals surface area contributed by atoms with E-state index in [0.29, 0.717) is 5.03 Å². The number of para-hydroxylation sites is 1. The highest BCUT2D eigenvalue weighted by atomic mass is 35.5. The second-order valence-corrected chi connectivity index (χ2v) is 4.79. The van der Waals surface area contributed by atoms with E-state index in [9.17, 15) is 0 Å². The molecule has 1 rings (SSSR count). The van der Waals surface area contributed by atoms with Gasteiger partial charge in [-0.1, -0.05) is 41.4 Å². The summed E-state index contributed by atoms with van der Waals surface area (Å²) in [6.45, 7) is 4.25. The molecular formula is C13H17Cl2NO. The summed E-state index contributed by atoms with van der Waals surface area (Å²) in [6.07, 6.45) is 0.777. The second kappa shape index (κ2) is 6.90. The fourth-order valence-corrected chi connectivity index (χ4v) is 1.72. The van der Waals surface area contributed by atoms with Gasteiger partial charge in [0, 0.05) is 11.6 Å². The Bertz CT molecular complexity index is 402. The summed E-state index contributed by atoms with van der Waals surface area (Å²) in [5, 5.41) is 0.474. The van der Waals surface area contributed by atoms with Crippen molar-refractivity contribution >= 4 is 23.2 Å². The maximum absolute atomic E-state index is 5.81. The summed E-state index contributed by atoms with van der Waals surface area (Å²) in [6, 6.07) is 6.11. The Morgan fingerprint density at radius 3 is 2.82 bits per heavy atom. The molecule has 1 aromatic carbocycles. The molecule has 4 heteroatoms. The molecule has 0 heterocycles. The van der Waals surface area contributed by atoms with Gasteiger partial charge in [-0.15, -0.1) is 0 Å². The first-order valence-corrected chi connectivity index (χ1v) is 6.27. The number of benzene rings is 1. The van der Waals surface area contributed by atoms with Crippen LogP contribution < -0.4 is 10.5 Å². The van der Waals surface area contributed by atoms with Crippen LogP contribution in [0.4, 0.5) is 0 Å². The van der Waals surface area contributed by atoms with Crippen molar-refractivity contribution in [3.63, 3.8) is 0 Å². The van der Waals surface area contributed by atoms with Gasteiger partial charge in [-0.3, -0.25) is 0 Å². The number of nitrogens with two attached hydrogens (primary N) is 1. The van der Waals surface area contributed by atoms with Crippen LogP contribution >= 0.6 is 23.2 Å². The minimum Gasteiger partial charge on any atom is -0.487 e. The van der Waals surface area contributed by atoms with Crippen LogP contribution in [-0.4, -0.2) is 12.6 Å². The van der Waals surface area contributed by atoms with Gasteiger partial charge in [-0.25, -0.2) is 0 Å². The fourth-order valence-electron chi connectivity index (χ4n) is 1.60. The molecule has 0 aliphatic carbocycles. The van der Waals surface area contributed by atoms with Gasteiger partial charge in [0.2, 0.25) is 0 Å². The number of hydrogen-bond acceptors (Lipinski definition) is 2. The van der Waals surface area contributed by atoms with Crippen LogP contribution in [0.25, 0.3) is 0 Å². The van der Waals surface area contributed by atoms with Crippen molar-refractivity contribution in [3.05, 3.63) is 39.9 Å². The Morgan fingerprint density at radius 1 is 1.53 bits per heavy atom. The van der Waals surface area contributed by atoms with Crippen LogP contribution in [0.3, 0.4) is 0 Å². The highest BCUT2D eigenvalue weighted by Crippen LogP contribution is 2.25. The number of hydrogen-bond donors (Lipinski definition) is 1. The van der Waals surface area contributed by atoms with E-state index in [-0.39, 0.29) is 12.6 Å². The third-order valence-corrected chi connectivity index (χ3v) is 2.90. The van der Waals surface area contributed by atoms with Crippen LogP contribution in [-0.2, 0) is 6.42 Å². The Balaban J connectivity index is 2.87. The minimum absolute atomic E-state index is 0.0955. The van der Waals surface area contributed by atoms with Crippen LogP contribution in [0.2, 0.25) is 0 Å². The normalized spacial score (nSPS) is 13.6. The molecule has 2 nitrogen and oxygen atoms in total. The highest BCUT2D eigenvalue weighted by Gasteiger charge is 2.09. The van der Waals surface area contributed by atoms with E-state index in [1.54, 1.807) is 0 Å². The third-order valence-electron chi connectivity index (χ3n) is 2.31. The van der Waals surface area contributed by atoms with Crippen LogP contribution in [0, 0.1) is 6.92 Å². The maximum Gasteiger partial charge on any atom is 0.126 e. The van der Waals surface area contributed by atoms with E-state index in [2.05, 4.69) is 0 Å². The monoisotopic (exact) mass is 273 g/mol. The van der Waals surface area contributed by atoms with Crippen molar-refractivity contribution in [1.82, 2.24) is 0 Å². The molecule has 94 valence electrons. The summed E-state index contributed by atoms with van der Waals surface area (Å²) in [4.78, 5) is 0. The molecule has 0 fully saturated rings. The molecule has 0 aromatic heterocycles. The quantitative estimate of drug-likeness (QED) is 0.890.